The fourth-order valence-electron chi connectivity index (χ4n) is 2.68. The van der Waals surface area contributed by atoms with Crippen molar-refractivity contribution >= 4 is 25.1 Å². The molecular formula is C13H16BN5O2. The maximum Gasteiger partial charge on any atom is 0.332 e. The largest absolute Gasteiger partial charge is 0.409 e. The number of fused-ring (bicyclic) bond motifs is 1. The van der Waals surface area contributed by atoms with Gasteiger partial charge in [0, 0.05) is 13.1 Å². The highest BCUT2D eigenvalue weighted by Gasteiger charge is 2.28. The lowest BCUT2D eigenvalue weighted by atomic mass is 10.3. The van der Waals surface area contributed by atoms with E-state index in [1.54, 1.807) is 4.57 Å². The molecule has 0 bridgehead atoms. The number of aromatic amines is 1. The van der Waals surface area contributed by atoms with Gasteiger partial charge in [-0.3, -0.25) is 13.9 Å². The van der Waals surface area contributed by atoms with E-state index in [9.17, 15) is 9.59 Å². The zero-order chi connectivity index (χ0) is 14.6. The van der Waals surface area contributed by atoms with Gasteiger partial charge < -0.3 is 10.2 Å². The number of H-pyrrole nitrogens is 1. The van der Waals surface area contributed by atoms with Crippen molar-refractivity contribution in [2.24, 2.45) is 11.8 Å². The lowest BCUT2D eigenvalue weighted by molar-refractivity contribution is 0.520. The molecule has 2 fully saturated rings. The molecule has 2 aliphatic carbocycles. The molecule has 2 heterocycles. The van der Waals surface area contributed by atoms with E-state index >= 15 is 0 Å². The highest BCUT2D eigenvalue weighted by atomic mass is 16.2. The van der Waals surface area contributed by atoms with Crippen molar-refractivity contribution < 1.29 is 0 Å². The Kier molecular flexibility index (Phi) is 2.73. The number of nitrogens with zero attached hydrogens (tertiary/aromatic N) is 3. The SMILES string of the molecule is [B]Nc1nc2c([nH]1)c(=O)n(CC1CC1)c(=O)n2CC1CC1. The van der Waals surface area contributed by atoms with Crippen LogP contribution in [0.2, 0.25) is 0 Å². The van der Waals surface area contributed by atoms with Gasteiger partial charge in [0.1, 0.15) is 0 Å². The smallest absolute Gasteiger partial charge is 0.332 e. The summed E-state index contributed by atoms with van der Waals surface area (Å²) in [6.07, 6.45) is 4.43. The average molecular weight is 285 g/mol. The Bertz CT molecular complexity index is 812. The van der Waals surface area contributed by atoms with Crippen molar-refractivity contribution in [1.82, 2.24) is 19.1 Å². The lowest BCUT2D eigenvalue weighted by Crippen LogP contribution is -2.41. The van der Waals surface area contributed by atoms with Crippen LogP contribution < -0.4 is 16.5 Å². The number of hydrogen-bond acceptors (Lipinski definition) is 4. The first-order valence-corrected chi connectivity index (χ1v) is 7.37. The highest BCUT2D eigenvalue weighted by Crippen LogP contribution is 2.31. The Labute approximate surface area is 121 Å². The van der Waals surface area contributed by atoms with E-state index in [-0.39, 0.29) is 11.2 Å². The van der Waals surface area contributed by atoms with Crippen molar-refractivity contribution in [2.75, 3.05) is 5.23 Å². The van der Waals surface area contributed by atoms with Crippen molar-refractivity contribution in [1.29, 1.82) is 0 Å². The van der Waals surface area contributed by atoms with Gasteiger partial charge in [-0.1, -0.05) is 0 Å². The van der Waals surface area contributed by atoms with Gasteiger partial charge in [0.2, 0.25) is 7.98 Å². The van der Waals surface area contributed by atoms with Crippen molar-refractivity contribution in [2.45, 2.75) is 38.8 Å². The van der Waals surface area contributed by atoms with Crippen LogP contribution >= 0.6 is 0 Å². The van der Waals surface area contributed by atoms with Gasteiger partial charge in [-0.05, 0) is 37.5 Å². The van der Waals surface area contributed by atoms with Crippen LogP contribution in [0.5, 0.6) is 0 Å². The first-order valence-electron chi connectivity index (χ1n) is 7.37. The zero-order valence-electron chi connectivity index (χ0n) is 11.6. The minimum Gasteiger partial charge on any atom is -0.409 e. The summed E-state index contributed by atoms with van der Waals surface area (Å²) in [5, 5.41) is 2.40. The van der Waals surface area contributed by atoms with Crippen LogP contribution in [0, 0.1) is 11.8 Å². The van der Waals surface area contributed by atoms with E-state index in [0.29, 0.717) is 42.0 Å². The normalized spacial score (nSPS) is 18.3. The van der Waals surface area contributed by atoms with E-state index in [4.69, 9.17) is 7.98 Å². The molecule has 2 aromatic heterocycles. The zero-order valence-corrected chi connectivity index (χ0v) is 11.6. The van der Waals surface area contributed by atoms with E-state index < -0.39 is 0 Å². The molecular weight excluding hydrogens is 269 g/mol. The van der Waals surface area contributed by atoms with Crippen LogP contribution in [0.1, 0.15) is 25.7 Å². The fraction of sp³-hybridized carbons (Fsp3) is 0.615. The molecule has 21 heavy (non-hydrogen) atoms. The van der Waals surface area contributed by atoms with Crippen LogP contribution in [0.25, 0.3) is 11.2 Å². The topological polar surface area (TPSA) is 84.7 Å². The standard InChI is InChI=1S/C13H16BN5O2/c14-17-12-15-9-10(16-12)18(5-7-1-2-7)13(21)19(11(9)20)6-8-3-4-8/h7-8H,1-6H2,(H2,15,16,17). The molecule has 0 atom stereocenters. The second kappa shape index (κ2) is 4.51. The number of rotatable bonds is 5. The Balaban J connectivity index is 1.94. The predicted octanol–water partition coefficient (Wildman–Crippen LogP) is 0.202. The summed E-state index contributed by atoms with van der Waals surface area (Å²) in [7, 11) is 5.35. The summed E-state index contributed by atoms with van der Waals surface area (Å²) >= 11 is 0. The van der Waals surface area contributed by atoms with Gasteiger partial charge in [0.05, 0.1) is 0 Å². The molecule has 2 radical (unpaired) electrons. The maximum absolute atomic E-state index is 12.6. The second-order valence-corrected chi connectivity index (χ2v) is 6.12. The van der Waals surface area contributed by atoms with Crippen molar-refractivity contribution in [3.8, 4) is 0 Å². The van der Waals surface area contributed by atoms with Gasteiger partial charge in [0.15, 0.2) is 17.1 Å². The first-order chi connectivity index (χ1) is 10.2. The number of aromatic nitrogens is 4. The van der Waals surface area contributed by atoms with E-state index in [1.807, 2.05) is 0 Å². The number of imidazole rings is 1. The molecule has 7 nitrogen and oxygen atoms in total. The quantitative estimate of drug-likeness (QED) is 0.769. The predicted molar refractivity (Wildman–Crippen MR) is 79.4 cm³/mol. The molecule has 0 unspecified atom stereocenters. The van der Waals surface area contributed by atoms with Crippen LogP contribution in [-0.4, -0.2) is 27.1 Å². The summed E-state index contributed by atoms with van der Waals surface area (Å²) in [5.74, 6) is 1.27. The Morgan fingerprint density at radius 1 is 1.14 bits per heavy atom. The van der Waals surface area contributed by atoms with Crippen molar-refractivity contribution in [3.05, 3.63) is 20.8 Å². The number of hydrogen-bond donors (Lipinski definition) is 2. The summed E-state index contributed by atoms with van der Waals surface area (Å²) in [4.78, 5) is 32.2. The Morgan fingerprint density at radius 3 is 2.33 bits per heavy atom. The van der Waals surface area contributed by atoms with E-state index in [1.165, 1.54) is 4.57 Å². The molecule has 0 amide bonds. The van der Waals surface area contributed by atoms with Gasteiger partial charge in [-0.15, -0.1) is 0 Å². The summed E-state index contributed by atoms with van der Waals surface area (Å²) in [6.45, 7) is 1.12. The molecule has 8 heteroatoms. The molecule has 4 rings (SSSR count). The number of anilines is 1. The maximum atomic E-state index is 12.6. The van der Waals surface area contributed by atoms with Crippen LogP contribution in [0.4, 0.5) is 5.95 Å². The van der Waals surface area contributed by atoms with Gasteiger partial charge >= 0.3 is 5.69 Å². The molecule has 0 saturated heterocycles. The molecule has 2 N–H and O–H groups in total. The fourth-order valence-corrected chi connectivity index (χ4v) is 2.68. The number of nitrogens with one attached hydrogen (secondary N) is 2. The first kappa shape index (κ1) is 12.7. The van der Waals surface area contributed by atoms with Gasteiger partial charge in [-0.2, -0.15) is 4.98 Å². The second-order valence-electron chi connectivity index (χ2n) is 6.12. The average Bonchev–Trinajstić information content (AvgIpc) is 3.39. The summed E-state index contributed by atoms with van der Waals surface area (Å²) in [6, 6.07) is 0. The summed E-state index contributed by atoms with van der Waals surface area (Å²) < 4.78 is 2.97. The molecule has 0 aliphatic heterocycles. The van der Waals surface area contributed by atoms with Gasteiger partial charge in [0.25, 0.3) is 5.56 Å². The van der Waals surface area contributed by atoms with E-state index in [0.717, 1.165) is 25.7 Å². The third kappa shape index (κ3) is 2.18. The third-order valence-corrected chi connectivity index (χ3v) is 4.27. The van der Waals surface area contributed by atoms with E-state index in [2.05, 4.69) is 15.2 Å². The van der Waals surface area contributed by atoms with Crippen molar-refractivity contribution in [3.63, 3.8) is 0 Å². The molecule has 108 valence electrons. The highest BCUT2D eigenvalue weighted by molar-refractivity contribution is 6.15. The van der Waals surface area contributed by atoms with Crippen LogP contribution in [-0.2, 0) is 13.1 Å². The lowest BCUT2D eigenvalue weighted by Gasteiger charge is -2.10. The monoisotopic (exact) mass is 285 g/mol. The minimum absolute atomic E-state index is 0.249. The van der Waals surface area contributed by atoms with Gasteiger partial charge in [-0.25, -0.2) is 4.79 Å². The molecule has 0 spiro atoms. The molecule has 2 aliphatic rings. The molecule has 2 saturated carbocycles. The Hall–Kier alpha value is -1.99. The van der Waals surface area contributed by atoms with Crippen LogP contribution in [0.3, 0.4) is 0 Å². The summed E-state index contributed by atoms with van der Waals surface area (Å²) in [5.41, 5.74) is 0.199. The Morgan fingerprint density at radius 2 is 1.76 bits per heavy atom. The van der Waals surface area contributed by atoms with Crippen LogP contribution in [0.15, 0.2) is 9.59 Å². The molecule has 2 aromatic rings. The molecule has 0 aromatic carbocycles. The third-order valence-electron chi connectivity index (χ3n) is 4.27. The minimum atomic E-state index is -0.303.